The van der Waals surface area contributed by atoms with Crippen molar-refractivity contribution in [1.82, 2.24) is 0 Å². The second-order valence-electron chi connectivity index (χ2n) is 5.34. The summed E-state index contributed by atoms with van der Waals surface area (Å²) in [5.41, 5.74) is -0.491. The van der Waals surface area contributed by atoms with Gasteiger partial charge in [0.05, 0.1) is 18.6 Å². The molecule has 0 aromatic rings. The molecule has 0 amide bonds. The number of ether oxygens (including phenoxy) is 3. The van der Waals surface area contributed by atoms with Crippen LogP contribution < -0.4 is 0 Å². The van der Waals surface area contributed by atoms with Crippen molar-refractivity contribution in [2.75, 3.05) is 13.2 Å². The highest BCUT2D eigenvalue weighted by Crippen LogP contribution is 2.31. The number of carbonyl (C=O) groups is 1. The van der Waals surface area contributed by atoms with Crippen LogP contribution >= 0.6 is 0 Å². The first-order chi connectivity index (χ1) is 7.95. The number of rotatable bonds is 3. The molecule has 2 rings (SSSR count). The van der Waals surface area contributed by atoms with E-state index in [0.717, 1.165) is 6.42 Å². The summed E-state index contributed by atoms with van der Waals surface area (Å²) in [5.74, 6) is -0.237. The molecule has 2 heterocycles. The van der Waals surface area contributed by atoms with Crippen molar-refractivity contribution < 1.29 is 24.1 Å². The second kappa shape index (κ2) is 4.55. The Balaban J connectivity index is 1.95. The Bertz CT molecular complexity index is 301. The van der Waals surface area contributed by atoms with Gasteiger partial charge in [0, 0.05) is 0 Å². The van der Waals surface area contributed by atoms with E-state index >= 15 is 0 Å². The summed E-state index contributed by atoms with van der Waals surface area (Å²) in [6.45, 7) is 6.21. The van der Waals surface area contributed by atoms with Gasteiger partial charge < -0.3 is 19.3 Å². The minimum atomic E-state index is -0.608. The molecular weight excluding hydrogens is 224 g/mol. The molecular formula is C12H20O5. The van der Waals surface area contributed by atoms with Gasteiger partial charge in [0.1, 0.15) is 18.3 Å². The number of aliphatic hydroxyl groups is 1. The van der Waals surface area contributed by atoms with Gasteiger partial charge in [-0.3, -0.25) is 4.79 Å². The lowest BCUT2D eigenvalue weighted by Crippen LogP contribution is -2.37. The molecule has 0 aliphatic carbocycles. The Labute approximate surface area is 101 Å². The minimum absolute atomic E-state index is 0.237. The van der Waals surface area contributed by atoms with Crippen LogP contribution in [0.4, 0.5) is 0 Å². The molecule has 0 aromatic carbocycles. The van der Waals surface area contributed by atoms with E-state index in [9.17, 15) is 9.90 Å². The van der Waals surface area contributed by atoms with Crippen LogP contribution in [0.15, 0.2) is 0 Å². The van der Waals surface area contributed by atoms with Gasteiger partial charge in [-0.15, -0.1) is 0 Å². The third-order valence-corrected chi connectivity index (χ3v) is 3.68. The number of hydrogen-bond donors (Lipinski definition) is 1. The molecule has 0 bridgehead atoms. The van der Waals surface area contributed by atoms with Crippen molar-refractivity contribution in [2.24, 2.45) is 5.41 Å². The van der Waals surface area contributed by atoms with Gasteiger partial charge in [0.15, 0.2) is 6.10 Å². The van der Waals surface area contributed by atoms with Gasteiger partial charge in [0.25, 0.3) is 0 Å². The molecule has 2 aliphatic rings. The lowest BCUT2D eigenvalue weighted by atomic mass is 9.90. The lowest BCUT2D eigenvalue weighted by molar-refractivity contribution is -0.164. The number of aliphatic hydroxyl groups excluding tert-OH is 1. The Morgan fingerprint density at radius 3 is 2.65 bits per heavy atom. The lowest BCUT2D eigenvalue weighted by Gasteiger charge is -2.24. The van der Waals surface area contributed by atoms with E-state index in [1.165, 1.54) is 0 Å². The highest BCUT2D eigenvalue weighted by molar-refractivity contribution is 5.76. The van der Waals surface area contributed by atoms with Gasteiger partial charge in [-0.05, 0) is 20.3 Å². The summed E-state index contributed by atoms with van der Waals surface area (Å²) in [6, 6.07) is 0. The van der Waals surface area contributed by atoms with Crippen LogP contribution in [0.5, 0.6) is 0 Å². The van der Waals surface area contributed by atoms with Gasteiger partial charge in [-0.1, -0.05) is 6.92 Å². The summed E-state index contributed by atoms with van der Waals surface area (Å²) >= 11 is 0. The van der Waals surface area contributed by atoms with E-state index < -0.39 is 17.6 Å². The maximum atomic E-state index is 11.9. The molecule has 98 valence electrons. The third-order valence-electron chi connectivity index (χ3n) is 3.68. The maximum absolute atomic E-state index is 11.9. The SMILES string of the molecule is CCC(C)(C)C(=O)OC1COC2C(O)COC12. The largest absolute Gasteiger partial charge is 0.457 e. The van der Waals surface area contributed by atoms with Crippen LogP contribution in [0.25, 0.3) is 0 Å². The quantitative estimate of drug-likeness (QED) is 0.732. The summed E-state index contributed by atoms with van der Waals surface area (Å²) in [4.78, 5) is 11.9. The van der Waals surface area contributed by atoms with Crippen LogP contribution in [0.2, 0.25) is 0 Å². The van der Waals surface area contributed by atoms with Gasteiger partial charge in [0.2, 0.25) is 0 Å². The summed E-state index contributed by atoms with van der Waals surface area (Å²) in [5, 5.41) is 9.57. The average Bonchev–Trinajstić information content (AvgIpc) is 2.84. The minimum Gasteiger partial charge on any atom is -0.457 e. The zero-order valence-electron chi connectivity index (χ0n) is 10.5. The molecule has 0 radical (unpaired) electrons. The number of esters is 1. The average molecular weight is 244 g/mol. The van der Waals surface area contributed by atoms with E-state index in [-0.39, 0.29) is 24.8 Å². The Morgan fingerprint density at radius 2 is 2.00 bits per heavy atom. The zero-order chi connectivity index (χ0) is 12.6. The van der Waals surface area contributed by atoms with Gasteiger partial charge in [-0.2, -0.15) is 0 Å². The van der Waals surface area contributed by atoms with Crippen LogP contribution in [0.1, 0.15) is 27.2 Å². The van der Waals surface area contributed by atoms with E-state index in [1.807, 2.05) is 20.8 Å². The molecule has 0 aromatic heterocycles. The monoisotopic (exact) mass is 244 g/mol. The van der Waals surface area contributed by atoms with E-state index in [4.69, 9.17) is 14.2 Å². The normalized spacial score (nSPS) is 36.9. The van der Waals surface area contributed by atoms with Gasteiger partial charge >= 0.3 is 5.97 Å². The van der Waals surface area contributed by atoms with Crippen molar-refractivity contribution in [3.05, 3.63) is 0 Å². The summed E-state index contributed by atoms with van der Waals surface area (Å²) in [7, 11) is 0. The molecule has 0 saturated carbocycles. The van der Waals surface area contributed by atoms with Crippen LogP contribution in [0, 0.1) is 5.41 Å². The Hall–Kier alpha value is -0.650. The van der Waals surface area contributed by atoms with Crippen LogP contribution in [0.3, 0.4) is 0 Å². The second-order valence-corrected chi connectivity index (χ2v) is 5.34. The Morgan fingerprint density at radius 1 is 1.35 bits per heavy atom. The first-order valence-corrected chi connectivity index (χ1v) is 6.08. The predicted octanol–water partition coefficient (Wildman–Crippen LogP) is 0.493. The maximum Gasteiger partial charge on any atom is 0.311 e. The molecule has 2 fully saturated rings. The molecule has 0 spiro atoms. The third kappa shape index (κ3) is 2.32. The van der Waals surface area contributed by atoms with Crippen molar-refractivity contribution in [3.8, 4) is 0 Å². The molecule has 5 heteroatoms. The topological polar surface area (TPSA) is 65.0 Å². The molecule has 5 nitrogen and oxygen atoms in total. The zero-order valence-corrected chi connectivity index (χ0v) is 10.5. The number of carbonyl (C=O) groups excluding carboxylic acids is 1. The van der Waals surface area contributed by atoms with Crippen molar-refractivity contribution in [2.45, 2.75) is 51.6 Å². The number of fused-ring (bicyclic) bond motifs is 1. The van der Waals surface area contributed by atoms with Crippen molar-refractivity contribution in [1.29, 1.82) is 0 Å². The number of hydrogen-bond acceptors (Lipinski definition) is 5. The fourth-order valence-corrected chi connectivity index (χ4v) is 1.99. The highest BCUT2D eigenvalue weighted by Gasteiger charge is 2.49. The summed E-state index contributed by atoms with van der Waals surface area (Å²) < 4.78 is 16.2. The predicted molar refractivity (Wildman–Crippen MR) is 59.4 cm³/mol. The Kier molecular flexibility index (Phi) is 3.43. The molecule has 4 atom stereocenters. The van der Waals surface area contributed by atoms with E-state index in [0.29, 0.717) is 6.61 Å². The first-order valence-electron chi connectivity index (χ1n) is 6.08. The fourth-order valence-electron chi connectivity index (χ4n) is 1.99. The van der Waals surface area contributed by atoms with Gasteiger partial charge in [-0.25, -0.2) is 0 Å². The molecule has 2 aliphatic heterocycles. The fraction of sp³-hybridized carbons (Fsp3) is 0.917. The van der Waals surface area contributed by atoms with E-state index in [2.05, 4.69) is 0 Å². The molecule has 4 unspecified atom stereocenters. The molecule has 17 heavy (non-hydrogen) atoms. The van der Waals surface area contributed by atoms with E-state index in [1.54, 1.807) is 0 Å². The first kappa shape index (κ1) is 12.8. The molecule has 1 N–H and O–H groups in total. The summed E-state index contributed by atoms with van der Waals surface area (Å²) in [6.07, 6.45) is -0.950. The smallest absolute Gasteiger partial charge is 0.311 e. The van der Waals surface area contributed by atoms with Crippen molar-refractivity contribution in [3.63, 3.8) is 0 Å². The standard InChI is InChI=1S/C12H20O5/c1-4-12(2,3)11(14)17-8-6-16-9-7(13)5-15-10(8)9/h7-10,13H,4-6H2,1-3H3. The van der Waals surface area contributed by atoms with Crippen LogP contribution in [-0.4, -0.2) is 48.7 Å². The van der Waals surface area contributed by atoms with Crippen molar-refractivity contribution >= 4 is 5.97 Å². The molecule has 2 saturated heterocycles. The highest BCUT2D eigenvalue weighted by atomic mass is 16.6. The van der Waals surface area contributed by atoms with Crippen LogP contribution in [-0.2, 0) is 19.0 Å².